The molecule has 0 radical (unpaired) electrons. The summed E-state index contributed by atoms with van der Waals surface area (Å²) in [6.07, 6.45) is 7.14. The fourth-order valence-electron chi connectivity index (χ4n) is 3.59. The number of halogens is 1. The summed E-state index contributed by atoms with van der Waals surface area (Å²) < 4.78 is 0. The monoisotopic (exact) mass is 473 g/mol. The van der Waals surface area contributed by atoms with Crippen molar-refractivity contribution in [3.05, 3.63) is 58.6 Å². The molecule has 1 unspecified atom stereocenters. The van der Waals surface area contributed by atoms with E-state index in [-0.39, 0.29) is 17.9 Å². The van der Waals surface area contributed by atoms with Crippen molar-refractivity contribution in [1.29, 1.82) is 0 Å². The van der Waals surface area contributed by atoms with Crippen molar-refractivity contribution in [3.63, 3.8) is 0 Å². The van der Waals surface area contributed by atoms with Crippen LogP contribution in [0.15, 0.2) is 42.5 Å². The summed E-state index contributed by atoms with van der Waals surface area (Å²) in [5, 5.41) is 9.95. The minimum atomic E-state index is -0.313. The molecule has 0 fully saturated rings. The molecule has 1 aliphatic rings. The third-order valence-electron chi connectivity index (χ3n) is 5.47. The molecule has 2 aromatic carbocycles. The highest BCUT2D eigenvalue weighted by atomic mass is 35.5. The van der Waals surface area contributed by atoms with Crippen molar-refractivity contribution >= 4 is 46.6 Å². The van der Waals surface area contributed by atoms with Crippen LogP contribution < -0.4 is 16.0 Å². The van der Waals surface area contributed by atoms with Crippen LogP contribution in [0.4, 0.5) is 11.4 Å². The first-order chi connectivity index (χ1) is 15.6. The summed E-state index contributed by atoms with van der Waals surface area (Å²) in [5.74, 6) is 1.28. The molecular formula is C25H32ClN3O2S. The molecule has 2 amide bonds. The van der Waals surface area contributed by atoms with E-state index < -0.39 is 0 Å². The molecule has 0 saturated carbocycles. The van der Waals surface area contributed by atoms with E-state index in [1.54, 1.807) is 23.9 Å². The van der Waals surface area contributed by atoms with Gasteiger partial charge in [0.15, 0.2) is 0 Å². The van der Waals surface area contributed by atoms with Crippen LogP contribution in [0.25, 0.3) is 0 Å². The average Bonchev–Trinajstić information content (AvgIpc) is 2.79. The molecule has 5 nitrogen and oxygen atoms in total. The lowest BCUT2D eigenvalue weighted by molar-refractivity contribution is -0.116. The summed E-state index contributed by atoms with van der Waals surface area (Å²) in [4.78, 5) is 25.0. The molecule has 0 spiro atoms. The summed E-state index contributed by atoms with van der Waals surface area (Å²) in [6.45, 7) is 2.89. The number of carbonyl (C=O) groups excluding carboxylic acids is 2. The van der Waals surface area contributed by atoms with Crippen LogP contribution in [-0.4, -0.2) is 30.2 Å². The second kappa shape index (κ2) is 12.8. The van der Waals surface area contributed by atoms with Crippen molar-refractivity contribution in [3.8, 4) is 0 Å². The number of hydrogen-bond acceptors (Lipinski definition) is 4. The number of benzene rings is 2. The Balaban J connectivity index is 1.45. The number of unbranched alkanes of at least 4 members (excludes halogenated alkanes) is 5. The van der Waals surface area contributed by atoms with Crippen LogP contribution in [0.2, 0.25) is 5.02 Å². The van der Waals surface area contributed by atoms with E-state index in [9.17, 15) is 9.59 Å². The molecule has 7 heteroatoms. The van der Waals surface area contributed by atoms with E-state index in [1.807, 2.05) is 30.3 Å². The van der Waals surface area contributed by atoms with Gasteiger partial charge in [-0.05, 0) is 42.3 Å². The fraction of sp³-hybridized carbons (Fsp3) is 0.440. The van der Waals surface area contributed by atoms with Crippen LogP contribution in [0.3, 0.4) is 0 Å². The third-order valence-corrected chi connectivity index (χ3v) is 6.83. The quantitative estimate of drug-likeness (QED) is 0.326. The maximum Gasteiger partial charge on any atom is 0.251 e. The van der Waals surface area contributed by atoms with E-state index in [0.29, 0.717) is 23.5 Å². The van der Waals surface area contributed by atoms with Crippen LogP contribution in [-0.2, 0) is 10.5 Å². The van der Waals surface area contributed by atoms with Crippen LogP contribution in [0.5, 0.6) is 0 Å². The van der Waals surface area contributed by atoms with Gasteiger partial charge >= 0.3 is 0 Å². The molecule has 3 N–H and O–H groups in total. The Bertz CT molecular complexity index is 905. The first-order valence-corrected chi connectivity index (χ1v) is 12.9. The van der Waals surface area contributed by atoms with Crippen LogP contribution >= 0.6 is 23.4 Å². The second-order valence-corrected chi connectivity index (χ2v) is 9.58. The first kappa shape index (κ1) is 24.5. The minimum Gasteiger partial charge on any atom is -0.371 e. The van der Waals surface area contributed by atoms with Gasteiger partial charge in [0.05, 0.1) is 11.4 Å². The van der Waals surface area contributed by atoms with Crippen molar-refractivity contribution in [2.75, 3.05) is 22.9 Å². The molecule has 1 aliphatic heterocycles. The average molecular weight is 474 g/mol. The highest BCUT2D eigenvalue weighted by Crippen LogP contribution is 2.29. The van der Waals surface area contributed by atoms with Gasteiger partial charge in [0.2, 0.25) is 5.91 Å². The normalized spacial score (nSPS) is 14.9. The lowest BCUT2D eigenvalue weighted by Gasteiger charge is -2.27. The van der Waals surface area contributed by atoms with Gasteiger partial charge in [0.1, 0.15) is 6.04 Å². The standard InChI is InChI=1S/C25H32ClN3O2S/c1-2-3-4-5-6-7-14-27-24(30)19-10-13-21-22(15-19)29-25(31)23(28-21)17-32-16-18-8-11-20(26)12-9-18/h8-13,15,23,28H,2-7,14,16-17H2,1H3,(H,27,30)(H,29,31). The Labute approximate surface area is 200 Å². The van der Waals surface area contributed by atoms with E-state index in [1.165, 1.54) is 31.2 Å². The van der Waals surface area contributed by atoms with Gasteiger partial charge in [0, 0.05) is 28.6 Å². The van der Waals surface area contributed by atoms with Crippen molar-refractivity contribution < 1.29 is 9.59 Å². The molecule has 0 bridgehead atoms. The van der Waals surface area contributed by atoms with Gasteiger partial charge in [-0.1, -0.05) is 62.8 Å². The highest BCUT2D eigenvalue weighted by Gasteiger charge is 2.26. The fourth-order valence-corrected chi connectivity index (χ4v) is 4.73. The largest absolute Gasteiger partial charge is 0.371 e. The Kier molecular flexibility index (Phi) is 9.75. The molecule has 32 heavy (non-hydrogen) atoms. The maximum absolute atomic E-state index is 12.5. The molecule has 0 saturated heterocycles. The lowest BCUT2D eigenvalue weighted by atomic mass is 10.1. The number of anilines is 2. The second-order valence-electron chi connectivity index (χ2n) is 8.11. The summed E-state index contributed by atoms with van der Waals surface area (Å²) in [7, 11) is 0. The number of hydrogen-bond donors (Lipinski definition) is 3. The third kappa shape index (κ3) is 7.45. The molecule has 1 heterocycles. The van der Waals surface area contributed by atoms with Crippen LogP contribution in [0.1, 0.15) is 61.4 Å². The van der Waals surface area contributed by atoms with Gasteiger partial charge < -0.3 is 16.0 Å². The SMILES string of the molecule is CCCCCCCCNC(=O)c1ccc2c(c1)NC(=O)C(CSCc1ccc(Cl)cc1)N2. The number of thioether (sulfide) groups is 1. The molecular weight excluding hydrogens is 442 g/mol. The van der Waals surface area contributed by atoms with Crippen molar-refractivity contribution in [1.82, 2.24) is 5.32 Å². The van der Waals surface area contributed by atoms with E-state index >= 15 is 0 Å². The summed E-state index contributed by atoms with van der Waals surface area (Å²) in [5.41, 5.74) is 3.23. The van der Waals surface area contributed by atoms with Gasteiger partial charge in [-0.15, -0.1) is 0 Å². The minimum absolute atomic E-state index is 0.0780. The van der Waals surface area contributed by atoms with Gasteiger partial charge in [-0.25, -0.2) is 0 Å². The van der Waals surface area contributed by atoms with Gasteiger partial charge in [-0.3, -0.25) is 9.59 Å². The van der Waals surface area contributed by atoms with E-state index in [2.05, 4.69) is 22.9 Å². The molecule has 2 aromatic rings. The molecule has 1 atom stereocenters. The zero-order valence-corrected chi connectivity index (χ0v) is 20.2. The van der Waals surface area contributed by atoms with Crippen LogP contribution in [0, 0.1) is 0 Å². The predicted molar refractivity (Wildman–Crippen MR) is 136 cm³/mol. The van der Waals surface area contributed by atoms with E-state index in [0.717, 1.165) is 29.3 Å². The predicted octanol–water partition coefficient (Wildman–Crippen LogP) is 6.10. The molecule has 0 aliphatic carbocycles. The number of carbonyl (C=O) groups is 2. The summed E-state index contributed by atoms with van der Waals surface area (Å²) in [6, 6.07) is 12.8. The topological polar surface area (TPSA) is 70.2 Å². The number of rotatable bonds is 12. The van der Waals surface area contributed by atoms with Crippen molar-refractivity contribution in [2.45, 2.75) is 57.2 Å². The Morgan fingerprint density at radius 3 is 2.56 bits per heavy atom. The Morgan fingerprint density at radius 1 is 1.03 bits per heavy atom. The van der Waals surface area contributed by atoms with Crippen molar-refractivity contribution in [2.24, 2.45) is 0 Å². The van der Waals surface area contributed by atoms with Gasteiger partial charge in [-0.2, -0.15) is 11.8 Å². The van der Waals surface area contributed by atoms with Gasteiger partial charge in [0.25, 0.3) is 5.91 Å². The molecule has 0 aromatic heterocycles. The lowest BCUT2D eigenvalue weighted by Crippen LogP contribution is -2.40. The Morgan fingerprint density at radius 2 is 1.78 bits per heavy atom. The number of fused-ring (bicyclic) bond motifs is 1. The number of nitrogens with one attached hydrogen (secondary N) is 3. The maximum atomic E-state index is 12.5. The number of amides is 2. The summed E-state index contributed by atoms with van der Waals surface area (Å²) >= 11 is 7.61. The molecule has 172 valence electrons. The van der Waals surface area contributed by atoms with E-state index in [4.69, 9.17) is 11.6 Å². The first-order valence-electron chi connectivity index (χ1n) is 11.4. The Hall–Kier alpha value is -2.18. The zero-order valence-electron chi connectivity index (χ0n) is 18.6. The highest BCUT2D eigenvalue weighted by molar-refractivity contribution is 7.98. The smallest absolute Gasteiger partial charge is 0.251 e. The molecule has 3 rings (SSSR count). The zero-order chi connectivity index (χ0) is 22.8.